The van der Waals surface area contributed by atoms with E-state index in [1.54, 1.807) is 11.8 Å². The fourth-order valence-electron chi connectivity index (χ4n) is 2.32. The standard InChI is InChI=1S/C19H23NOS/c1-4-17-7-5-6-15(3)19(17)20-18(21)13-22-12-16-10-8-14(2)9-11-16/h5-11H,4,12-13H2,1-3H3,(H,20,21). The molecule has 3 heteroatoms. The highest BCUT2D eigenvalue weighted by molar-refractivity contribution is 7.99. The minimum absolute atomic E-state index is 0.0705. The number of hydrogen-bond donors (Lipinski definition) is 1. The highest BCUT2D eigenvalue weighted by Gasteiger charge is 2.08. The molecular formula is C19H23NOS. The highest BCUT2D eigenvalue weighted by atomic mass is 32.2. The van der Waals surface area contributed by atoms with E-state index >= 15 is 0 Å². The van der Waals surface area contributed by atoms with Gasteiger partial charge in [0.2, 0.25) is 5.91 Å². The Labute approximate surface area is 137 Å². The van der Waals surface area contributed by atoms with Crippen molar-refractivity contribution < 1.29 is 4.79 Å². The zero-order valence-electron chi connectivity index (χ0n) is 13.5. The van der Waals surface area contributed by atoms with Crippen LogP contribution in [0, 0.1) is 13.8 Å². The SMILES string of the molecule is CCc1cccc(C)c1NC(=O)CSCc1ccc(C)cc1. The van der Waals surface area contributed by atoms with Crippen LogP contribution >= 0.6 is 11.8 Å². The summed E-state index contributed by atoms with van der Waals surface area (Å²) in [6, 6.07) is 14.6. The lowest BCUT2D eigenvalue weighted by Crippen LogP contribution is -2.16. The van der Waals surface area contributed by atoms with Gasteiger partial charge in [0.15, 0.2) is 0 Å². The van der Waals surface area contributed by atoms with Gasteiger partial charge in [-0.1, -0.05) is 55.0 Å². The van der Waals surface area contributed by atoms with Crippen LogP contribution < -0.4 is 5.32 Å². The van der Waals surface area contributed by atoms with Crippen molar-refractivity contribution in [3.63, 3.8) is 0 Å². The van der Waals surface area contributed by atoms with Gasteiger partial charge in [-0.25, -0.2) is 0 Å². The molecule has 1 N–H and O–H groups in total. The van der Waals surface area contributed by atoms with Crippen LogP contribution in [0.25, 0.3) is 0 Å². The van der Waals surface area contributed by atoms with Crippen molar-refractivity contribution in [1.29, 1.82) is 0 Å². The molecule has 0 atom stereocenters. The third-order valence-corrected chi connectivity index (χ3v) is 4.63. The molecule has 0 unspecified atom stereocenters. The Morgan fingerprint density at radius 1 is 1.09 bits per heavy atom. The Bertz CT molecular complexity index is 634. The number of benzene rings is 2. The number of rotatable bonds is 6. The number of hydrogen-bond acceptors (Lipinski definition) is 2. The van der Waals surface area contributed by atoms with Gasteiger partial charge in [-0.05, 0) is 37.0 Å². The van der Waals surface area contributed by atoms with Crippen molar-refractivity contribution in [3.8, 4) is 0 Å². The number of carbonyl (C=O) groups excluding carboxylic acids is 1. The number of carbonyl (C=O) groups is 1. The lowest BCUT2D eigenvalue weighted by molar-refractivity contribution is -0.113. The van der Waals surface area contributed by atoms with Gasteiger partial charge in [0.25, 0.3) is 0 Å². The topological polar surface area (TPSA) is 29.1 Å². The second-order valence-electron chi connectivity index (χ2n) is 5.49. The molecule has 0 radical (unpaired) electrons. The van der Waals surface area contributed by atoms with Crippen LogP contribution in [-0.4, -0.2) is 11.7 Å². The summed E-state index contributed by atoms with van der Waals surface area (Å²) in [5.41, 5.74) is 5.81. The first-order valence-corrected chi connectivity index (χ1v) is 8.77. The van der Waals surface area contributed by atoms with Crippen molar-refractivity contribution in [2.24, 2.45) is 0 Å². The molecule has 0 aliphatic heterocycles. The normalized spacial score (nSPS) is 10.5. The van der Waals surface area contributed by atoms with E-state index in [2.05, 4.69) is 49.5 Å². The zero-order chi connectivity index (χ0) is 15.9. The molecule has 2 rings (SSSR count). The molecule has 0 aliphatic rings. The van der Waals surface area contributed by atoms with E-state index in [9.17, 15) is 4.79 Å². The molecule has 0 fully saturated rings. The predicted molar refractivity (Wildman–Crippen MR) is 96.5 cm³/mol. The molecule has 2 aromatic rings. The maximum atomic E-state index is 12.1. The molecule has 116 valence electrons. The number of thioether (sulfide) groups is 1. The number of para-hydroxylation sites is 1. The third-order valence-electron chi connectivity index (χ3n) is 3.63. The maximum Gasteiger partial charge on any atom is 0.234 e. The van der Waals surface area contributed by atoms with E-state index in [0.29, 0.717) is 5.75 Å². The first kappa shape index (κ1) is 16.6. The lowest BCUT2D eigenvalue weighted by Gasteiger charge is -2.12. The molecule has 0 aliphatic carbocycles. The molecule has 0 saturated heterocycles. The van der Waals surface area contributed by atoms with Gasteiger partial charge < -0.3 is 5.32 Å². The molecule has 0 bridgehead atoms. The van der Waals surface area contributed by atoms with Crippen LogP contribution in [0.4, 0.5) is 5.69 Å². The fourth-order valence-corrected chi connectivity index (χ4v) is 3.11. The van der Waals surface area contributed by atoms with Crippen molar-refractivity contribution in [3.05, 3.63) is 64.7 Å². The molecule has 0 spiro atoms. The molecule has 2 aromatic carbocycles. The number of aryl methyl sites for hydroxylation is 3. The maximum absolute atomic E-state index is 12.1. The van der Waals surface area contributed by atoms with Gasteiger partial charge in [-0.15, -0.1) is 11.8 Å². The number of anilines is 1. The van der Waals surface area contributed by atoms with E-state index in [0.717, 1.165) is 23.4 Å². The summed E-state index contributed by atoms with van der Waals surface area (Å²) in [6.45, 7) is 6.22. The first-order chi connectivity index (χ1) is 10.6. The molecule has 0 saturated carbocycles. The van der Waals surface area contributed by atoms with Crippen LogP contribution in [0.15, 0.2) is 42.5 Å². The molecule has 0 aromatic heterocycles. The molecule has 2 nitrogen and oxygen atoms in total. The van der Waals surface area contributed by atoms with Crippen LogP contribution in [-0.2, 0) is 17.0 Å². The van der Waals surface area contributed by atoms with Crippen molar-refractivity contribution in [1.82, 2.24) is 0 Å². The lowest BCUT2D eigenvalue weighted by atomic mass is 10.1. The Balaban J connectivity index is 1.87. The van der Waals surface area contributed by atoms with Gasteiger partial charge in [0.1, 0.15) is 0 Å². The van der Waals surface area contributed by atoms with Crippen molar-refractivity contribution in [2.75, 3.05) is 11.1 Å². The summed E-state index contributed by atoms with van der Waals surface area (Å²) < 4.78 is 0. The van der Waals surface area contributed by atoms with Crippen LogP contribution in [0.5, 0.6) is 0 Å². The number of amides is 1. The van der Waals surface area contributed by atoms with Gasteiger partial charge >= 0.3 is 0 Å². The number of nitrogens with one attached hydrogen (secondary N) is 1. The second kappa shape index (κ2) is 8.04. The van der Waals surface area contributed by atoms with E-state index < -0.39 is 0 Å². The van der Waals surface area contributed by atoms with Crippen molar-refractivity contribution >= 4 is 23.4 Å². The smallest absolute Gasteiger partial charge is 0.234 e. The van der Waals surface area contributed by atoms with Crippen molar-refractivity contribution in [2.45, 2.75) is 32.9 Å². The Kier molecular flexibility index (Phi) is 6.08. The zero-order valence-corrected chi connectivity index (χ0v) is 14.3. The van der Waals surface area contributed by atoms with Crippen LogP contribution in [0.2, 0.25) is 0 Å². The van der Waals surface area contributed by atoms with E-state index in [4.69, 9.17) is 0 Å². The monoisotopic (exact) mass is 313 g/mol. The quantitative estimate of drug-likeness (QED) is 0.834. The molecule has 0 heterocycles. The fraction of sp³-hybridized carbons (Fsp3) is 0.316. The van der Waals surface area contributed by atoms with Gasteiger partial charge in [0, 0.05) is 11.4 Å². The minimum Gasteiger partial charge on any atom is -0.325 e. The Hall–Kier alpha value is -1.74. The summed E-state index contributed by atoms with van der Waals surface area (Å²) in [6.07, 6.45) is 0.924. The van der Waals surface area contributed by atoms with Gasteiger partial charge in [0.05, 0.1) is 5.75 Å². The average Bonchev–Trinajstić information content (AvgIpc) is 2.51. The molecule has 1 amide bonds. The second-order valence-corrected chi connectivity index (χ2v) is 6.47. The Morgan fingerprint density at radius 2 is 1.82 bits per heavy atom. The minimum atomic E-state index is 0.0705. The first-order valence-electron chi connectivity index (χ1n) is 7.61. The molecular weight excluding hydrogens is 290 g/mol. The molecule has 22 heavy (non-hydrogen) atoms. The largest absolute Gasteiger partial charge is 0.325 e. The summed E-state index contributed by atoms with van der Waals surface area (Å²) >= 11 is 1.65. The third kappa shape index (κ3) is 4.63. The summed E-state index contributed by atoms with van der Waals surface area (Å²) in [5.74, 6) is 1.41. The highest BCUT2D eigenvalue weighted by Crippen LogP contribution is 2.21. The summed E-state index contributed by atoms with van der Waals surface area (Å²) in [4.78, 5) is 12.1. The van der Waals surface area contributed by atoms with E-state index in [1.165, 1.54) is 16.7 Å². The average molecular weight is 313 g/mol. The van der Waals surface area contributed by atoms with Gasteiger partial charge in [-0.3, -0.25) is 4.79 Å². The van der Waals surface area contributed by atoms with Gasteiger partial charge in [-0.2, -0.15) is 0 Å². The van der Waals surface area contributed by atoms with Crippen LogP contribution in [0.1, 0.15) is 29.2 Å². The summed E-state index contributed by atoms with van der Waals surface area (Å²) in [5, 5.41) is 3.07. The van der Waals surface area contributed by atoms with Crippen LogP contribution in [0.3, 0.4) is 0 Å². The summed E-state index contributed by atoms with van der Waals surface area (Å²) in [7, 11) is 0. The predicted octanol–water partition coefficient (Wildman–Crippen LogP) is 4.74. The van der Waals surface area contributed by atoms with E-state index in [-0.39, 0.29) is 5.91 Å². The van der Waals surface area contributed by atoms with E-state index in [1.807, 2.05) is 19.1 Å². The Morgan fingerprint density at radius 3 is 2.50 bits per heavy atom.